The predicted molar refractivity (Wildman–Crippen MR) is 82.0 cm³/mol. The van der Waals surface area contributed by atoms with Crippen molar-refractivity contribution >= 4 is 0 Å². The summed E-state index contributed by atoms with van der Waals surface area (Å²) >= 11 is 0. The summed E-state index contributed by atoms with van der Waals surface area (Å²) in [6.07, 6.45) is 6.14. The van der Waals surface area contributed by atoms with E-state index in [2.05, 4.69) is 35.6 Å². The minimum absolute atomic E-state index is 0.355. The Morgan fingerprint density at radius 1 is 1.15 bits per heavy atom. The lowest BCUT2D eigenvalue weighted by Crippen LogP contribution is -2.20. The van der Waals surface area contributed by atoms with Gasteiger partial charge in [-0.25, -0.2) is 0 Å². The van der Waals surface area contributed by atoms with Crippen molar-refractivity contribution in [1.82, 2.24) is 5.32 Å². The van der Waals surface area contributed by atoms with Gasteiger partial charge in [-0.2, -0.15) is 0 Å². The molecule has 0 bridgehead atoms. The molecule has 2 rings (SSSR count). The summed E-state index contributed by atoms with van der Waals surface area (Å²) in [6.45, 7) is 4.65. The molecule has 1 aromatic carbocycles. The molecule has 1 aliphatic heterocycles. The van der Waals surface area contributed by atoms with Crippen molar-refractivity contribution in [1.29, 1.82) is 0 Å². The van der Waals surface area contributed by atoms with E-state index in [4.69, 9.17) is 9.47 Å². The lowest BCUT2D eigenvalue weighted by Gasteiger charge is -2.10. The highest BCUT2D eigenvalue weighted by molar-refractivity contribution is 5.14. The number of hydrogen-bond acceptors (Lipinski definition) is 3. The second-order valence-corrected chi connectivity index (χ2v) is 5.40. The van der Waals surface area contributed by atoms with Gasteiger partial charge in [0.15, 0.2) is 0 Å². The van der Waals surface area contributed by atoms with Crippen molar-refractivity contribution in [2.24, 2.45) is 0 Å². The molecule has 0 saturated carbocycles. The van der Waals surface area contributed by atoms with E-state index in [1.54, 1.807) is 0 Å². The molecule has 3 heteroatoms. The highest BCUT2D eigenvalue weighted by atomic mass is 16.5. The molecule has 1 saturated heterocycles. The zero-order valence-corrected chi connectivity index (χ0v) is 12.4. The monoisotopic (exact) mass is 277 g/mol. The first-order valence-corrected chi connectivity index (χ1v) is 7.89. The summed E-state index contributed by atoms with van der Waals surface area (Å²) in [6, 6.07) is 10.7. The maximum Gasteiger partial charge on any atom is 0.0809 e. The number of aryl methyl sites for hydroxylation is 1. The van der Waals surface area contributed by atoms with Crippen LogP contribution in [0.25, 0.3) is 0 Å². The van der Waals surface area contributed by atoms with Crippen LogP contribution in [0.3, 0.4) is 0 Å². The van der Waals surface area contributed by atoms with Gasteiger partial charge in [0.1, 0.15) is 0 Å². The number of benzene rings is 1. The Hall–Kier alpha value is -0.900. The molecule has 112 valence electrons. The van der Waals surface area contributed by atoms with Crippen LogP contribution < -0.4 is 5.32 Å². The molecule has 1 fully saturated rings. The van der Waals surface area contributed by atoms with Crippen LogP contribution in [0.2, 0.25) is 0 Å². The highest BCUT2D eigenvalue weighted by Crippen LogP contribution is 2.11. The van der Waals surface area contributed by atoms with E-state index >= 15 is 0 Å². The van der Waals surface area contributed by atoms with Crippen molar-refractivity contribution in [2.75, 3.05) is 32.9 Å². The molecular weight excluding hydrogens is 250 g/mol. The van der Waals surface area contributed by atoms with Gasteiger partial charge in [-0.1, -0.05) is 30.3 Å². The summed E-state index contributed by atoms with van der Waals surface area (Å²) in [5.41, 5.74) is 1.43. The summed E-state index contributed by atoms with van der Waals surface area (Å²) in [5.74, 6) is 0. The molecule has 1 atom stereocenters. The second-order valence-electron chi connectivity index (χ2n) is 5.40. The van der Waals surface area contributed by atoms with Crippen molar-refractivity contribution in [3.05, 3.63) is 35.9 Å². The maximum atomic E-state index is 5.63. The Morgan fingerprint density at radius 3 is 2.80 bits per heavy atom. The quantitative estimate of drug-likeness (QED) is 0.667. The van der Waals surface area contributed by atoms with Crippen molar-refractivity contribution in [2.45, 2.75) is 38.2 Å². The molecule has 3 nitrogen and oxygen atoms in total. The van der Waals surface area contributed by atoms with Gasteiger partial charge in [0.05, 0.1) is 12.7 Å². The molecule has 0 aromatic heterocycles. The van der Waals surface area contributed by atoms with Gasteiger partial charge in [0.25, 0.3) is 0 Å². The van der Waals surface area contributed by atoms with E-state index < -0.39 is 0 Å². The van der Waals surface area contributed by atoms with Crippen LogP contribution in [0, 0.1) is 0 Å². The van der Waals surface area contributed by atoms with Crippen molar-refractivity contribution in [3.8, 4) is 0 Å². The molecule has 1 aromatic rings. The van der Waals surface area contributed by atoms with Gasteiger partial charge in [-0.3, -0.25) is 0 Å². The van der Waals surface area contributed by atoms with Crippen LogP contribution in [-0.2, 0) is 15.9 Å². The zero-order chi connectivity index (χ0) is 13.9. The van der Waals surface area contributed by atoms with Crippen LogP contribution in [-0.4, -0.2) is 39.0 Å². The molecule has 1 N–H and O–H groups in total. The SMILES string of the molecule is c1ccc(CCCNCCCOCC2CCCO2)cc1. The maximum absolute atomic E-state index is 5.63. The lowest BCUT2D eigenvalue weighted by molar-refractivity contribution is 0.0166. The Balaban J connectivity index is 1.35. The first kappa shape index (κ1) is 15.5. The fourth-order valence-corrected chi connectivity index (χ4v) is 2.48. The number of ether oxygens (including phenoxy) is 2. The average molecular weight is 277 g/mol. The van der Waals surface area contributed by atoms with Crippen LogP contribution in [0.4, 0.5) is 0 Å². The third-order valence-electron chi connectivity index (χ3n) is 3.63. The Morgan fingerprint density at radius 2 is 2.00 bits per heavy atom. The van der Waals surface area contributed by atoms with Gasteiger partial charge in [0, 0.05) is 13.2 Å². The zero-order valence-electron chi connectivity index (χ0n) is 12.4. The van der Waals surface area contributed by atoms with Gasteiger partial charge < -0.3 is 14.8 Å². The van der Waals surface area contributed by atoms with Gasteiger partial charge in [-0.15, -0.1) is 0 Å². The third-order valence-corrected chi connectivity index (χ3v) is 3.63. The van der Waals surface area contributed by atoms with Gasteiger partial charge in [0.2, 0.25) is 0 Å². The van der Waals surface area contributed by atoms with Crippen LogP contribution in [0.1, 0.15) is 31.2 Å². The summed E-state index contributed by atoms with van der Waals surface area (Å²) in [5, 5.41) is 3.47. The average Bonchev–Trinajstić information content (AvgIpc) is 3.00. The number of nitrogens with one attached hydrogen (secondary N) is 1. The van der Waals surface area contributed by atoms with Gasteiger partial charge >= 0.3 is 0 Å². The van der Waals surface area contributed by atoms with E-state index in [9.17, 15) is 0 Å². The summed E-state index contributed by atoms with van der Waals surface area (Å²) < 4.78 is 11.1. The molecule has 0 aliphatic carbocycles. The summed E-state index contributed by atoms with van der Waals surface area (Å²) in [4.78, 5) is 0. The van der Waals surface area contributed by atoms with E-state index in [1.807, 2.05) is 0 Å². The van der Waals surface area contributed by atoms with Crippen LogP contribution >= 0.6 is 0 Å². The third kappa shape index (κ3) is 6.51. The van der Waals surface area contributed by atoms with Crippen molar-refractivity contribution in [3.63, 3.8) is 0 Å². The van der Waals surface area contributed by atoms with E-state index in [-0.39, 0.29) is 0 Å². The van der Waals surface area contributed by atoms with Crippen LogP contribution in [0.5, 0.6) is 0 Å². The molecule has 0 radical (unpaired) electrons. The predicted octanol–water partition coefficient (Wildman–Crippen LogP) is 2.79. The Labute approximate surface area is 122 Å². The second kappa shape index (κ2) is 9.92. The minimum atomic E-state index is 0.355. The fourth-order valence-electron chi connectivity index (χ4n) is 2.48. The first-order valence-electron chi connectivity index (χ1n) is 7.89. The molecule has 0 spiro atoms. The standard InChI is InChI=1S/C17H27NO2/c1-2-7-16(8-3-1)9-4-11-18-12-6-13-19-15-17-10-5-14-20-17/h1-3,7-8,17-18H,4-6,9-15H2. The lowest BCUT2D eigenvalue weighted by atomic mass is 10.1. The minimum Gasteiger partial charge on any atom is -0.379 e. The van der Waals surface area contributed by atoms with E-state index in [0.29, 0.717) is 6.10 Å². The number of hydrogen-bond donors (Lipinski definition) is 1. The molecule has 20 heavy (non-hydrogen) atoms. The Bertz CT molecular complexity index is 336. The fraction of sp³-hybridized carbons (Fsp3) is 0.647. The molecule has 1 aliphatic rings. The molecule has 1 heterocycles. The smallest absolute Gasteiger partial charge is 0.0809 e. The Kier molecular flexibility index (Phi) is 7.68. The van der Waals surface area contributed by atoms with Crippen LogP contribution in [0.15, 0.2) is 30.3 Å². The largest absolute Gasteiger partial charge is 0.379 e. The normalized spacial score (nSPS) is 18.5. The number of rotatable bonds is 10. The molecule has 1 unspecified atom stereocenters. The molecular formula is C17H27NO2. The van der Waals surface area contributed by atoms with E-state index in [0.717, 1.165) is 52.2 Å². The van der Waals surface area contributed by atoms with Crippen molar-refractivity contribution < 1.29 is 9.47 Å². The molecule has 0 amide bonds. The first-order chi connectivity index (χ1) is 9.95. The van der Waals surface area contributed by atoms with E-state index in [1.165, 1.54) is 18.4 Å². The summed E-state index contributed by atoms with van der Waals surface area (Å²) in [7, 11) is 0. The van der Waals surface area contributed by atoms with Gasteiger partial charge in [-0.05, 0) is 50.8 Å². The topological polar surface area (TPSA) is 30.5 Å². The highest BCUT2D eigenvalue weighted by Gasteiger charge is 2.14.